The predicted octanol–water partition coefficient (Wildman–Crippen LogP) is 3.14. The molecule has 166 valence electrons. The molecule has 0 saturated heterocycles. The molecule has 0 radical (unpaired) electrons. The Kier molecular flexibility index (Phi) is 8.14. The van der Waals surface area contributed by atoms with Crippen LogP contribution in [0.25, 0.3) is 0 Å². The maximum Gasteiger partial charge on any atom is 0.416 e. The highest BCUT2D eigenvalue weighted by Gasteiger charge is 2.31. The molecule has 0 spiro atoms. The van der Waals surface area contributed by atoms with Crippen LogP contribution >= 0.6 is 11.6 Å². The minimum Gasteiger partial charge on any atom is -0.380 e. The van der Waals surface area contributed by atoms with Crippen LogP contribution in [0.2, 0.25) is 5.02 Å². The van der Waals surface area contributed by atoms with Gasteiger partial charge < -0.3 is 26.7 Å². The molecule has 0 fully saturated rings. The van der Waals surface area contributed by atoms with Crippen molar-refractivity contribution in [2.75, 3.05) is 24.2 Å². The van der Waals surface area contributed by atoms with Crippen LogP contribution in [0.5, 0.6) is 0 Å². The largest absolute Gasteiger partial charge is 0.416 e. The van der Waals surface area contributed by atoms with Crippen LogP contribution in [0.4, 0.5) is 29.3 Å². The van der Waals surface area contributed by atoms with Crippen molar-refractivity contribution in [1.29, 1.82) is 5.41 Å². The molecule has 2 rings (SSSR count). The molecule has 8 nitrogen and oxygen atoms in total. The summed E-state index contributed by atoms with van der Waals surface area (Å²) >= 11 is 6.02. The lowest BCUT2D eigenvalue weighted by atomic mass is 10.1. The molecule has 31 heavy (non-hydrogen) atoms. The van der Waals surface area contributed by atoms with Crippen LogP contribution in [0.1, 0.15) is 11.1 Å². The number of alkyl halides is 3. The third-order valence-electron chi connectivity index (χ3n) is 3.70. The van der Waals surface area contributed by atoms with Crippen molar-refractivity contribution in [2.24, 2.45) is 0 Å². The van der Waals surface area contributed by atoms with Crippen LogP contribution in [0, 0.1) is 11.2 Å². The Labute approximate surface area is 179 Å². The van der Waals surface area contributed by atoms with E-state index < -0.39 is 17.6 Å². The monoisotopic (exact) mass is 459 g/mol. The third-order valence-corrected chi connectivity index (χ3v) is 3.98. The second-order valence-electron chi connectivity index (χ2n) is 6.01. The molecule has 0 unspecified atom stereocenters. The summed E-state index contributed by atoms with van der Waals surface area (Å²) in [6, 6.07) is 2.19. The van der Waals surface area contributed by atoms with Gasteiger partial charge in [0.25, 0.3) is 0 Å². The van der Waals surface area contributed by atoms with Gasteiger partial charge in [0, 0.05) is 26.0 Å². The SMILES string of the molecule is CNC(=O)CN/C=C(\C=N)Nc1ncc(Cl)c(NCc2cc(F)cc(C(F)(F)F)c2)n1. The summed E-state index contributed by atoms with van der Waals surface area (Å²) in [5, 5.41) is 18.0. The summed E-state index contributed by atoms with van der Waals surface area (Å²) in [5.74, 6) is -1.17. The van der Waals surface area contributed by atoms with Crippen molar-refractivity contribution in [3.63, 3.8) is 0 Å². The molecule has 0 atom stereocenters. The maximum atomic E-state index is 13.5. The number of hydrogen-bond acceptors (Lipinski definition) is 7. The quantitative estimate of drug-likeness (QED) is 0.291. The summed E-state index contributed by atoms with van der Waals surface area (Å²) in [6.45, 7) is -0.199. The van der Waals surface area contributed by atoms with Crippen molar-refractivity contribution in [1.82, 2.24) is 20.6 Å². The lowest BCUT2D eigenvalue weighted by Crippen LogP contribution is -2.29. The van der Waals surface area contributed by atoms with Crippen molar-refractivity contribution in [3.8, 4) is 0 Å². The number of carbonyl (C=O) groups excluding carboxylic acids is 1. The highest BCUT2D eigenvalue weighted by molar-refractivity contribution is 6.32. The van der Waals surface area contributed by atoms with E-state index in [-0.39, 0.29) is 47.0 Å². The van der Waals surface area contributed by atoms with E-state index in [9.17, 15) is 22.4 Å². The number of anilines is 2. The summed E-state index contributed by atoms with van der Waals surface area (Å²) in [4.78, 5) is 19.2. The van der Waals surface area contributed by atoms with Gasteiger partial charge in [-0.05, 0) is 23.8 Å². The average molecular weight is 460 g/mol. The van der Waals surface area contributed by atoms with Gasteiger partial charge in [0.15, 0.2) is 5.82 Å². The van der Waals surface area contributed by atoms with E-state index in [2.05, 4.69) is 31.2 Å². The Morgan fingerprint density at radius 1 is 1.29 bits per heavy atom. The van der Waals surface area contributed by atoms with Crippen molar-refractivity contribution >= 4 is 35.5 Å². The second-order valence-corrected chi connectivity index (χ2v) is 6.42. The van der Waals surface area contributed by atoms with Gasteiger partial charge in [0.05, 0.1) is 24.0 Å². The number of nitrogens with one attached hydrogen (secondary N) is 5. The first-order valence-corrected chi connectivity index (χ1v) is 9.05. The number of benzene rings is 1. The Hall–Kier alpha value is -3.41. The Morgan fingerprint density at radius 3 is 2.68 bits per heavy atom. The predicted molar refractivity (Wildman–Crippen MR) is 108 cm³/mol. The number of aromatic nitrogens is 2. The lowest BCUT2D eigenvalue weighted by Gasteiger charge is -2.12. The number of carbonyl (C=O) groups is 1. The van der Waals surface area contributed by atoms with E-state index in [0.717, 1.165) is 18.3 Å². The van der Waals surface area contributed by atoms with Gasteiger partial charge in [-0.25, -0.2) is 9.37 Å². The first-order chi connectivity index (χ1) is 14.6. The van der Waals surface area contributed by atoms with Gasteiger partial charge in [-0.3, -0.25) is 4.79 Å². The summed E-state index contributed by atoms with van der Waals surface area (Å²) in [6.07, 6.45) is -1.13. The molecule has 2 aromatic rings. The van der Waals surface area contributed by atoms with Crippen LogP contribution < -0.4 is 21.3 Å². The van der Waals surface area contributed by atoms with Gasteiger partial charge in [0.2, 0.25) is 11.9 Å². The lowest BCUT2D eigenvalue weighted by molar-refractivity contribution is -0.137. The fraction of sp³-hybridized carbons (Fsp3) is 0.222. The fourth-order valence-corrected chi connectivity index (χ4v) is 2.40. The zero-order valence-electron chi connectivity index (χ0n) is 16.1. The fourth-order valence-electron chi connectivity index (χ4n) is 2.24. The number of rotatable bonds is 9. The number of amides is 1. The number of halogens is 5. The highest BCUT2D eigenvalue weighted by atomic mass is 35.5. The summed E-state index contributed by atoms with van der Waals surface area (Å²) in [7, 11) is 1.48. The molecule has 1 amide bonds. The Balaban J connectivity index is 2.11. The summed E-state index contributed by atoms with van der Waals surface area (Å²) in [5.41, 5.74) is -0.849. The molecule has 1 aromatic carbocycles. The molecular formula is C18H18ClF4N7O. The first-order valence-electron chi connectivity index (χ1n) is 8.67. The van der Waals surface area contributed by atoms with Crippen molar-refractivity contribution in [3.05, 3.63) is 58.3 Å². The third kappa shape index (κ3) is 7.41. The van der Waals surface area contributed by atoms with E-state index in [1.807, 2.05) is 0 Å². The van der Waals surface area contributed by atoms with Gasteiger partial charge in [-0.15, -0.1) is 0 Å². The van der Waals surface area contributed by atoms with Crippen LogP contribution in [-0.2, 0) is 17.5 Å². The molecule has 0 aliphatic carbocycles. The normalized spacial score (nSPS) is 11.6. The Bertz CT molecular complexity index is 982. The molecule has 1 heterocycles. The van der Waals surface area contributed by atoms with Crippen molar-refractivity contribution in [2.45, 2.75) is 12.7 Å². The van der Waals surface area contributed by atoms with E-state index >= 15 is 0 Å². The number of likely N-dealkylation sites (N-methyl/N-ethyl adjacent to an activating group) is 1. The molecule has 0 saturated carbocycles. The van der Waals surface area contributed by atoms with E-state index in [4.69, 9.17) is 17.0 Å². The Morgan fingerprint density at radius 2 is 2.03 bits per heavy atom. The van der Waals surface area contributed by atoms with E-state index in [1.165, 1.54) is 19.4 Å². The maximum absolute atomic E-state index is 13.5. The molecule has 13 heteroatoms. The molecule has 5 N–H and O–H groups in total. The van der Waals surface area contributed by atoms with Crippen LogP contribution in [0.15, 0.2) is 36.3 Å². The molecule has 0 aliphatic heterocycles. The van der Waals surface area contributed by atoms with Gasteiger partial charge in [-0.2, -0.15) is 18.2 Å². The number of allylic oxidation sites excluding steroid dienone is 1. The first kappa shape index (κ1) is 23.9. The smallest absolute Gasteiger partial charge is 0.380 e. The number of hydrogen-bond donors (Lipinski definition) is 5. The standard InChI is InChI=1S/C18H18ClF4N7O/c1-25-15(31)9-26-7-13(5-24)29-17-28-8-14(19)16(30-17)27-6-10-2-11(18(21,22)23)4-12(20)3-10/h2-5,7-8,24,26H,6,9H2,1H3,(H,25,31)(H2,27,28,29,30)/b13-7+,24-5?. The number of nitrogens with zero attached hydrogens (tertiary/aromatic N) is 2. The molecule has 0 bridgehead atoms. The van der Waals surface area contributed by atoms with Crippen LogP contribution in [0.3, 0.4) is 0 Å². The van der Waals surface area contributed by atoms with Gasteiger partial charge >= 0.3 is 6.18 Å². The van der Waals surface area contributed by atoms with E-state index in [1.54, 1.807) is 0 Å². The zero-order valence-corrected chi connectivity index (χ0v) is 16.8. The highest BCUT2D eigenvalue weighted by Crippen LogP contribution is 2.30. The molecule has 1 aromatic heterocycles. The average Bonchev–Trinajstić information content (AvgIpc) is 2.72. The van der Waals surface area contributed by atoms with Crippen LogP contribution in [-0.4, -0.2) is 35.7 Å². The van der Waals surface area contributed by atoms with Gasteiger partial charge in [0.1, 0.15) is 10.8 Å². The molecule has 0 aliphatic rings. The minimum absolute atomic E-state index is 0.0165. The minimum atomic E-state index is -4.68. The van der Waals surface area contributed by atoms with Gasteiger partial charge in [-0.1, -0.05) is 11.6 Å². The van der Waals surface area contributed by atoms with E-state index in [0.29, 0.717) is 6.07 Å². The van der Waals surface area contributed by atoms with Crippen molar-refractivity contribution < 1.29 is 22.4 Å². The molecular weight excluding hydrogens is 442 g/mol. The zero-order chi connectivity index (χ0) is 23.0. The topological polar surface area (TPSA) is 115 Å². The summed E-state index contributed by atoms with van der Waals surface area (Å²) < 4.78 is 52.1. The second kappa shape index (κ2) is 10.6.